The number of benzene rings is 2. The molecule has 0 aliphatic heterocycles. The Hall–Kier alpha value is -2.49. The molecule has 27 heavy (non-hydrogen) atoms. The van der Waals surface area contributed by atoms with Crippen molar-refractivity contribution in [2.24, 2.45) is 5.92 Å². The van der Waals surface area contributed by atoms with Crippen molar-refractivity contribution in [3.8, 4) is 11.5 Å². The average Bonchev–Trinajstić information content (AvgIpc) is 2.66. The second-order valence-corrected chi connectivity index (χ2v) is 7.24. The lowest BCUT2D eigenvalue weighted by molar-refractivity contribution is -0.118. The van der Waals surface area contributed by atoms with Gasteiger partial charge in [0.15, 0.2) is 6.61 Å². The van der Waals surface area contributed by atoms with Crippen molar-refractivity contribution in [1.29, 1.82) is 0 Å². The van der Waals surface area contributed by atoms with Crippen molar-refractivity contribution >= 4 is 11.6 Å². The van der Waals surface area contributed by atoms with Crippen molar-refractivity contribution in [3.63, 3.8) is 0 Å². The van der Waals surface area contributed by atoms with E-state index in [0.29, 0.717) is 24.1 Å². The molecule has 0 radical (unpaired) electrons. The van der Waals surface area contributed by atoms with Crippen molar-refractivity contribution in [2.45, 2.75) is 46.5 Å². The van der Waals surface area contributed by atoms with Gasteiger partial charge in [-0.1, -0.05) is 52.0 Å². The number of rotatable bonds is 10. The van der Waals surface area contributed by atoms with E-state index in [1.54, 1.807) is 0 Å². The van der Waals surface area contributed by atoms with Gasteiger partial charge in [-0.3, -0.25) is 4.79 Å². The molecule has 0 aliphatic carbocycles. The molecule has 0 aromatic heterocycles. The zero-order valence-electron chi connectivity index (χ0n) is 16.8. The van der Waals surface area contributed by atoms with Crippen LogP contribution in [0.3, 0.4) is 0 Å². The Morgan fingerprint density at radius 1 is 1.04 bits per heavy atom. The van der Waals surface area contributed by atoms with Crippen LogP contribution in [0.2, 0.25) is 0 Å². The molecule has 0 heterocycles. The summed E-state index contributed by atoms with van der Waals surface area (Å²) >= 11 is 0. The van der Waals surface area contributed by atoms with Crippen LogP contribution in [0.4, 0.5) is 5.69 Å². The van der Waals surface area contributed by atoms with E-state index < -0.39 is 0 Å². The number of hydrogen-bond donors (Lipinski definition) is 1. The topological polar surface area (TPSA) is 47.6 Å². The molecule has 1 atom stereocenters. The fourth-order valence-corrected chi connectivity index (χ4v) is 2.66. The molecular weight excluding hydrogens is 338 g/mol. The third-order valence-electron chi connectivity index (χ3n) is 4.50. The number of para-hydroxylation sites is 1. The number of anilines is 1. The van der Waals surface area contributed by atoms with Gasteiger partial charge >= 0.3 is 0 Å². The SMILES string of the molecule is CCC(C)c1ccccc1OCC(=O)Nc1cccc(OCCC(C)C)c1. The van der Waals surface area contributed by atoms with E-state index in [0.717, 1.165) is 29.9 Å². The molecule has 0 saturated carbocycles. The van der Waals surface area contributed by atoms with Crippen LogP contribution in [-0.2, 0) is 4.79 Å². The Kier molecular flexibility index (Phi) is 8.18. The molecule has 1 unspecified atom stereocenters. The van der Waals surface area contributed by atoms with Crippen LogP contribution >= 0.6 is 0 Å². The summed E-state index contributed by atoms with van der Waals surface area (Å²) < 4.78 is 11.5. The van der Waals surface area contributed by atoms with Gasteiger partial charge in [-0.2, -0.15) is 0 Å². The summed E-state index contributed by atoms with van der Waals surface area (Å²) in [5.74, 6) is 2.34. The minimum absolute atomic E-state index is 0.0219. The number of ether oxygens (including phenoxy) is 2. The third-order valence-corrected chi connectivity index (χ3v) is 4.50. The molecule has 4 nitrogen and oxygen atoms in total. The number of nitrogens with one attached hydrogen (secondary N) is 1. The summed E-state index contributed by atoms with van der Waals surface area (Å²) in [6.45, 7) is 9.28. The Morgan fingerprint density at radius 3 is 2.56 bits per heavy atom. The van der Waals surface area contributed by atoms with Gasteiger partial charge in [0, 0.05) is 11.8 Å². The van der Waals surface area contributed by atoms with Crippen LogP contribution in [-0.4, -0.2) is 19.1 Å². The van der Waals surface area contributed by atoms with Crippen molar-refractivity contribution < 1.29 is 14.3 Å². The van der Waals surface area contributed by atoms with Gasteiger partial charge < -0.3 is 14.8 Å². The van der Waals surface area contributed by atoms with Gasteiger partial charge in [0.25, 0.3) is 5.91 Å². The molecule has 2 aromatic carbocycles. The first-order valence-electron chi connectivity index (χ1n) is 9.74. The van der Waals surface area contributed by atoms with Crippen molar-refractivity contribution in [1.82, 2.24) is 0 Å². The Balaban J connectivity index is 1.89. The zero-order valence-corrected chi connectivity index (χ0v) is 16.8. The largest absolute Gasteiger partial charge is 0.494 e. The summed E-state index contributed by atoms with van der Waals surface area (Å²) in [4.78, 5) is 12.3. The third kappa shape index (κ3) is 6.97. The molecule has 2 aromatic rings. The average molecular weight is 370 g/mol. The maximum atomic E-state index is 12.3. The van der Waals surface area contributed by atoms with Gasteiger partial charge in [0.2, 0.25) is 0 Å². The molecule has 4 heteroatoms. The summed E-state index contributed by atoms with van der Waals surface area (Å²) in [5.41, 5.74) is 1.84. The second kappa shape index (κ2) is 10.6. The fraction of sp³-hybridized carbons (Fsp3) is 0.435. The lowest BCUT2D eigenvalue weighted by Gasteiger charge is -2.15. The van der Waals surface area contributed by atoms with E-state index >= 15 is 0 Å². The molecule has 1 N–H and O–H groups in total. The summed E-state index contributed by atoms with van der Waals surface area (Å²) in [5, 5.41) is 2.87. The number of amides is 1. The highest BCUT2D eigenvalue weighted by Crippen LogP contribution is 2.28. The molecule has 0 spiro atoms. The van der Waals surface area contributed by atoms with E-state index in [9.17, 15) is 4.79 Å². The standard InChI is InChI=1S/C23H31NO3/c1-5-18(4)21-11-6-7-12-22(21)27-16-23(25)24-19-9-8-10-20(15-19)26-14-13-17(2)3/h6-12,15,17-18H,5,13-14,16H2,1-4H3,(H,24,25). The second-order valence-electron chi connectivity index (χ2n) is 7.24. The highest BCUT2D eigenvalue weighted by molar-refractivity contribution is 5.92. The van der Waals surface area contributed by atoms with Gasteiger partial charge in [0.1, 0.15) is 11.5 Å². The highest BCUT2D eigenvalue weighted by atomic mass is 16.5. The fourth-order valence-electron chi connectivity index (χ4n) is 2.66. The molecule has 1 amide bonds. The Bertz CT molecular complexity index is 727. The number of carbonyl (C=O) groups excluding carboxylic acids is 1. The normalized spacial score (nSPS) is 11.9. The first-order chi connectivity index (χ1) is 13.0. The van der Waals surface area contributed by atoms with Crippen LogP contribution < -0.4 is 14.8 Å². The molecule has 0 fully saturated rings. The zero-order chi connectivity index (χ0) is 19.6. The Labute approximate surface area is 162 Å². The molecular formula is C23H31NO3. The maximum absolute atomic E-state index is 12.3. The summed E-state index contributed by atoms with van der Waals surface area (Å²) in [6.07, 6.45) is 2.02. The molecule has 0 saturated heterocycles. The van der Waals surface area contributed by atoms with Gasteiger partial charge in [-0.15, -0.1) is 0 Å². The van der Waals surface area contributed by atoms with E-state index in [1.165, 1.54) is 0 Å². The lowest BCUT2D eigenvalue weighted by Crippen LogP contribution is -2.20. The van der Waals surface area contributed by atoms with Gasteiger partial charge in [0.05, 0.1) is 6.61 Å². The molecule has 146 valence electrons. The Morgan fingerprint density at radius 2 is 1.81 bits per heavy atom. The number of hydrogen-bond acceptors (Lipinski definition) is 3. The van der Waals surface area contributed by atoms with Crippen LogP contribution in [0.5, 0.6) is 11.5 Å². The quantitative estimate of drug-likeness (QED) is 0.589. The summed E-state index contributed by atoms with van der Waals surface area (Å²) in [7, 11) is 0. The molecule has 0 aliphatic rings. The minimum Gasteiger partial charge on any atom is -0.494 e. The van der Waals surface area contributed by atoms with E-state index in [4.69, 9.17) is 9.47 Å². The van der Waals surface area contributed by atoms with E-state index in [1.807, 2.05) is 42.5 Å². The van der Waals surface area contributed by atoms with Crippen LogP contribution in [0.1, 0.15) is 52.0 Å². The van der Waals surface area contributed by atoms with Crippen LogP contribution in [0.25, 0.3) is 0 Å². The van der Waals surface area contributed by atoms with Crippen molar-refractivity contribution in [3.05, 3.63) is 54.1 Å². The predicted molar refractivity (Wildman–Crippen MR) is 111 cm³/mol. The monoisotopic (exact) mass is 369 g/mol. The van der Waals surface area contributed by atoms with Gasteiger partial charge in [-0.25, -0.2) is 0 Å². The smallest absolute Gasteiger partial charge is 0.262 e. The first-order valence-corrected chi connectivity index (χ1v) is 9.74. The minimum atomic E-state index is -0.187. The van der Waals surface area contributed by atoms with E-state index in [-0.39, 0.29) is 12.5 Å². The van der Waals surface area contributed by atoms with Crippen LogP contribution in [0.15, 0.2) is 48.5 Å². The van der Waals surface area contributed by atoms with Crippen molar-refractivity contribution in [2.75, 3.05) is 18.5 Å². The number of carbonyl (C=O) groups is 1. The highest BCUT2D eigenvalue weighted by Gasteiger charge is 2.11. The van der Waals surface area contributed by atoms with E-state index in [2.05, 4.69) is 39.1 Å². The predicted octanol–water partition coefficient (Wildman–Crippen LogP) is 5.64. The lowest BCUT2D eigenvalue weighted by atomic mass is 9.98. The van der Waals surface area contributed by atoms with Crippen LogP contribution in [0, 0.1) is 5.92 Å². The van der Waals surface area contributed by atoms with Gasteiger partial charge in [-0.05, 0) is 48.4 Å². The maximum Gasteiger partial charge on any atom is 0.262 e. The summed E-state index contributed by atoms with van der Waals surface area (Å²) in [6, 6.07) is 15.4. The first kappa shape index (κ1) is 20.8. The molecule has 2 rings (SSSR count). The molecule has 0 bridgehead atoms.